The minimum Gasteiger partial charge on any atom is -0.425 e. The van der Waals surface area contributed by atoms with E-state index in [9.17, 15) is 14.4 Å². The summed E-state index contributed by atoms with van der Waals surface area (Å²) in [5.74, 6) is -2.11. The van der Waals surface area contributed by atoms with Crippen LogP contribution in [0, 0.1) is 11.8 Å². The van der Waals surface area contributed by atoms with Gasteiger partial charge in [-0.25, -0.2) is 4.79 Å². The van der Waals surface area contributed by atoms with E-state index in [2.05, 4.69) is 45.0 Å². The first kappa shape index (κ1) is 21.8. The zero-order chi connectivity index (χ0) is 24.5. The summed E-state index contributed by atoms with van der Waals surface area (Å²) in [7, 11) is 0. The molecule has 1 heterocycles. The second-order valence-corrected chi connectivity index (χ2v) is 10.8. The second-order valence-electron chi connectivity index (χ2n) is 10.8. The summed E-state index contributed by atoms with van der Waals surface area (Å²) in [5, 5.41) is 0. The van der Waals surface area contributed by atoms with E-state index in [0.29, 0.717) is 5.75 Å². The van der Waals surface area contributed by atoms with Crippen LogP contribution in [0.3, 0.4) is 0 Å². The number of imide groups is 1. The third-order valence-electron chi connectivity index (χ3n) is 7.78. The largest absolute Gasteiger partial charge is 0.425 e. The third-order valence-corrected chi connectivity index (χ3v) is 7.78. The molecule has 7 rings (SSSR count). The molecule has 3 aliphatic carbocycles. The van der Waals surface area contributed by atoms with Crippen LogP contribution in [-0.4, -0.2) is 29.2 Å². The van der Waals surface area contributed by atoms with Gasteiger partial charge in [0.1, 0.15) is 12.3 Å². The number of hydrogen-bond acceptors (Lipinski definition) is 4. The zero-order valence-electron chi connectivity index (χ0n) is 20.0. The van der Waals surface area contributed by atoms with E-state index in [1.165, 1.54) is 0 Å². The van der Waals surface area contributed by atoms with Crippen LogP contribution < -0.4 is 4.74 Å². The Morgan fingerprint density at radius 3 is 1.57 bits per heavy atom. The van der Waals surface area contributed by atoms with E-state index in [-0.39, 0.29) is 35.6 Å². The minimum atomic E-state index is -0.615. The van der Waals surface area contributed by atoms with Gasteiger partial charge < -0.3 is 4.74 Å². The molecule has 1 fully saturated rings. The number of hydrogen-bond donors (Lipinski definition) is 0. The van der Waals surface area contributed by atoms with Gasteiger partial charge in [0.05, 0.1) is 11.8 Å². The van der Waals surface area contributed by atoms with Gasteiger partial charge in [-0.3, -0.25) is 14.5 Å². The van der Waals surface area contributed by atoms with E-state index in [4.69, 9.17) is 4.74 Å². The number of likely N-dealkylation sites (tertiary alicyclic amines) is 1. The van der Waals surface area contributed by atoms with Gasteiger partial charge in [-0.05, 0) is 45.4 Å². The highest BCUT2D eigenvalue weighted by atomic mass is 16.5. The maximum Gasteiger partial charge on any atom is 0.331 e. The van der Waals surface area contributed by atoms with Gasteiger partial charge in [-0.2, -0.15) is 0 Å². The predicted molar refractivity (Wildman–Crippen MR) is 131 cm³/mol. The Kier molecular flexibility index (Phi) is 4.75. The highest BCUT2D eigenvalue weighted by molar-refractivity contribution is 6.09. The molecular formula is C30H27NO4. The molecule has 2 amide bonds. The molecule has 0 aromatic heterocycles. The summed E-state index contributed by atoms with van der Waals surface area (Å²) in [5.41, 5.74) is 5.57. The lowest BCUT2D eigenvalue weighted by atomic mass is 9.55. The Bertz CT molecular complexity index is 1250. The number of amides is 2. The quantitative estimate of drug-likeness (QED) is 0.317. The fourth-order valence-electron chi connectivity index (χ4n) is 6.21. The minimum absolute atomic E-state index is 0.0122. The lowest BCUT2D eigenvalue weighted by molar-refractivity contribution is -0.148. The first-order chi connectivity index (χ1) is 16.8. The Balaban J connectivity index is 1.28. The van der Waals surface area contributed by atoms with Crippen molar-refractivity contribution in [2.45, 2.75) is 38.0 Å². The number of carbonyl (C=O) groups is 3. The number of benzene rings is 3. The molecule has 1 saturated heterocycles. The van der Waals surface area contributed by atoms with Gasteiger partial charge in [0, 0.05) is 11.8 Å². The van der Waals surface area contributed by atoms with Crippen LogP contribution in [0.4, 0.5) is 0 Å². The zero-order valence-corrected chi connectivity index (χ0v) is 20.0. The van der Waals surface area contributed by atoms with Gasteiger partial charge in [0.2, 0.25) is 11.8 Å². The van der Waals surface area contributed by atoms with Gasteiger partial charge in [-0.1, -0.05) is 81.4 Å². The van der Waals surface area contributed by atoms with Crippen molar-refractivity contribution in [1.82, 2.24) is 4.90 Å². The van der Waals surface area contributed by atoms with Crippen molar-refractivity contribution in [3.63, 3.8) is 0 Å². The van der Waals surface area contributed by atoms with Gasteiger partial charge in [-0.15, -0.1) is 0 Å². The highest BCUT2D eigenvalue weighted by Gasteiger charge is 2.61. The summed E-state index contributed by atoms with van der Waals surface area (Å²) >= 11 is 0. The molecule has 4 aliphatic rings. The summed E-state index contributed by atoms with van der Waals surface area (Å²) < 4.78 is 5.50. The van der Waals surface area contributed by atoms with E-state index >= 15 is 0 Å². The van der Waals surface area contributed by atoms with Crippen LogP contribution >= 0.6 is 0 Å². The van der Waals surface area contributed by atoms with Crippen molar-refractivity contribution in [2.75, 3.05) is 6.54 Å². The Labute approximate surface area is 204 Å². The molecule has 3 aromatic carbocycles. The van der Waals surface area contributed by atoms with Gasteiger partial charge >= 0.3 is 5.97 Å². The van der Waals surface area contributed by atoms with Crippen molar-refractivity contribution < 1.29 is 19.1 Å². The van der Waals surface area contributed by atoms with Crippen molar-refractivity contribution in [3.05, 3.63) is 101 Å². The number of carbonyl (C=O) groups excluding carboxylic acids is 3. The summed E-state index contributed by atoms with van der Waals surface area (Å²) in [6, 6.07) is 23.5. The topological polar surface area (TPSA) is 63.7 Å². The fraction of sp³-hybridized carbons (Fsp3) is 0.300. The standard InChI is InChI=1S/C30H27NO4/c1-30(2,3)17-12-14-18(15-13-17)35-23(32)16-31-28(33)26-24-19-8-4-5-9-20(19)25(27(26)29(31)34)22-11-7-6-10-21(22)24/h4-15,24-27H,16H2,1-3H3/t24?,25?,26-,27-/m1/s1. The molecule has 2 atom stereocenters. The summed E-state index contributed by atoms with van der Waals surface area (Å²) in [6.45, 7) is 5.96. The number of esters is 1. The SMILES string of the molecule is CC(C)(C)c1ccc(OC(=O)CN2C(=O)[C@@H]3C4c5ccccc5C(c5ccccc54)[C@H]3C2=O)cc1. The van der Waals surface area contributed by atoms with Crippen LogP contribution in [0.5, 0.6) is 5.75 Å². The molecule has 3 aromatic rings. The number of ether oxygens (including phenoxy) is 1. The van der Waals surface area contributed by atoms with E-state index in [1.807, 2.05) is 36.4 Å². The van der Waals surface area contributed by atoms with Crippen LogP contribution in [0.25, 0.3) is 0 Å². The van der Waals surface area contributed by atoms with Crippen molar-refractivity contribution in [2.24, 2.45) is 11.8 Å². The smallest absolute Gasteiger partial charge is 0.331 e. The lowest BCUT2D eigenvalue weighted by Crippen LogP contribution is -2.41. The maximum atomic E-state index is 13.6. The molecule has 2 bridgehead atoms. The Morgan fingerprint density at radius 1 is 0.743 bits per heavy atom. The molecule has 0 saturated carbocycles. The van der Waals surface area contributed by atoms with Crippen LogP contribution in [0.15, 0.2) is 72.8 Å². The van der Waals surface area contributed by atoms with E-state index in [0.717, 1.165) is 32.7 Å². The predicted octanol–water partition coefficient (Wildman–Crippen LogP) is 4.78. The molecular weight excluding hydrogens is 438 g/mol. The number of rotatable bonds is 3. The lowest BCUT2D eigenvalue weighted by Gasteiger charge is -2.45. The fourth-order valence-corrected chi connectivity index (χ4v) is 6.21. The molecule has 0 N–H and O–H groups in total. The van der Waals surface area contributed by atoms with Crippen molar-refractivity contribution in [3.8, 4) is 5.75 Å². The molecule has 0 unspecified atom stereocenters. The Hall–Kier alpha value is -3.73. The monoisotopic (exact) mass is 465 g/mol. The van der Waals surface area contributed by atoms with Crippen LogP contribution in [0.2, 0.25) is 0 Å². The van der Waals surface area contributed by atoms with E-state index in [1.54, 1.807) is 12.1 Å². The molecule has 0 spiro atoms. The van der Waals surface area contributed by atoms with Crippen LogP contribution in [-0.2, 0) is 19.8 Å². The molecule has 5 heteroatoms. The van der Waals surface area contributed by atoms with E-state index < -0.39 is 17.8 Å². The van der Waals surface area contributed by atoms with Gasteiger partial charge in [0.25, 0.3) is 0 Å². The molecule has 5 nitrogen and oxygen atoms in total. The molecule has 176 valence electrons. The first-order valence-corrected chi connectivity index (χ1v) is 12.1. The average molecular weight is 466 g/mol. The Morgan fingerprint density at radius 2 is 1.17 bits per heavy atom. The maximum absolute atomic E-state index is 13.6. The average Bonchev–Trinajstić information content (AvgIpc) is 3.09. The van der Waals surface area contributed by atoms with Crippen LogP contribution in [0.1, 0.15) is 60.4 Å². The second kappa shape index (κ2) is 7.64. The summed E-state index contributed by atoms with van der Waals surface area (Å²) in [6.07, 6.45) is 0. The molecule has 0 radical (unpaired) electrons. The molecule has 1 aliphatic heterocycles. The third kappa shape index (κ3) is 3.25. The molecule has 35 heavy (non-hydrogen) atoms. The van der Waals surface area contributed by atoms with Crippen molar-refractivity contribution >= 4 is 17.8 Å². The summed E-state index contributed by atoms with van der Waals surface area (Å²) in [4.78, 5) is 41.1. The highest BCUT2D eigenvalue weighted by Crippen LogP contribution is 2.60. The first-order valence-electron chi connectivity index (χ1n) is 12.1. The van der Waals surface area contributed by atoms with Gasteiger partial charge in [0.15, 0.2) is 0 Å². The normalized spacial score (nSPS) is 24.1. The number of nitrogens with zero attached hydrogens (tertiary/aromatic N) is 1. The van der Waals surface area contributed by atoms with Crippen molar-refractivity contribution in [1.29, 1.82) is 0 Å².